The van der Waals surface area contributed by atoms with Gasteiger partial charge in [0.1, 0.15) is 0 Å². The van der Waals surface area contributed by atoms with E-state index in [1.807, 2.05) is 53.7 Å². The normalized spacial score (nSPS) is 13.0. The van der Waals surface area contributed by atoms with Gasteiger partial charge in [-0.05, 0) is 75.2 Å². The van der Waals surface area contributed by atoms with E-state index < -0.39 is 0 Å². The summed E-state index contributed by atoms with van der Waals surface area (Å²) in [6.45, 7) is 11.8. The molecule has 1 atom stereocenters. The maximum atomic E-state index is 12.2. The van der Waals surface area contributed by atoms with E-state index in [0.29, 0.717) is 5.16 Å². The summed E-state index contributed by atoms with van der Waals surface area (Å²) < 4.78 is 1.67. The minimum Gasteiger partial charge on any atom is -0.351 e. The first kappa shape index (κ1) is 17.5. The number of aryl methyl sites for hydroxylation is 2. The summed E-state index contributed by atoms with van der Waals surface area (Å²) in [4.78, 5) is 12.2. The van der Waals surface area contributed by atoms with Crippen LogP contribution < -0.4 is 5.32 Å². The summed E-state index contributed by atoms with van der Waals surface area (Å²) >= 11 is 1.35. The second-order valence-corrected chi connectivity index (χ2v) is 8.03. The molecule has 0 bridgehead atoms. The average molecular weight is 333 g/mol. The van der Waals surface area contributed by atoms with Crippen molar-refractivity contribution in [1.82, 2.24) is 25.5 Å². The van der Waals surface area contributed by atoms with Crippen molar-refractivity contribution in [2.24, 2.45) is 0 Å². The Morgan fingerprint density at radius 2 is 1.83 bits per heavy atom. The van der Waals surface area contributed by atoms with Gasteiger partial charge in [0.05, 0.1) is 10.9 Å². The lowest BCUT2D eigenvalue weighted by Crippen LogP contribution is -2.44. The maximum absolute atomic E-state index is 12.2. The number of amides is 1. The van der Waals surface area contributed by atoms with Gasteiger partial charge in [0.2, 0.25) is 11.1 Å². The number of rotatable bonds is 4. The Labute approximate surface area is 141 Å². The molecule has 0 unspecified atom stereocenters. The van der Waals surface area contributed by atoms with E-state index >= 15 is 0 Å². The highest BCUT2D eigenvalue weighted by molar-refractivity contribution is 8.00. The van der Waals surface area contributed by atoms with Crippen LogP contribution in [0.2, 0.25) is 0 Å². The molecule has 0 aliphatic rings. The minimum atomic E-state index is -0.287. The Bertz CT molecular complexity index is 684. The number of benzene rings is 1. The van der Waals surface area contributed by atoms with Crippen LogP contribution in [0.25, 0.3) is 5.69 Å². The monoisotopic (exact) mass is 333 g/mol. The number of tetrazole rings is 1. The first-order valence-corrected chi connectivity index (χ1v) is 8.39. The molecule has 0 aliphatic heterocycles. The number of thioether (sulfide) groups is 1. The summed E-state index contributed by atoms with van der Waals surface area (Å²) in [5.74, 6) is -0.0301. The number of hydrogen-bond acceptors (Lipinski definition) is 5. The molecule has 0 fully saturated rings. The number of hydrogen-bond donors (Lipinski definition) is 1. The lowest BCUT2D eigenvalue weighted by atomic mass is 10.1. The van der Waals surface area contributed by atoms with Crippen LogP contribution in [0.3, 0.4) is 0 Å². The zero-order chi connectivity index (χ0) is 17.2. The summed E-state index contributed by atoms with van der Waals surface area (Å²) in [6.07, 6.45) is 0. The van der Waals surface area contributed by atoms with Crippen molar-refractivity contribution in [3.63, 3.8) is 0 Å². The number of aromatic nitrogens is 4. The second kappa shape index (κ2) is 6.70. The second-order valence-electron chi connectivity index (χ2n) is 6.72. The quantitative estimate of drug-likeness (QED) is 0.871. The smallest absolute Gasteiger partial charge is 0.233 e. The lowest BCUT2D eigenvalue weighted by Gasteiger charge is -2.22. The van der Waals surface area contributed by atoms with Crippen molar-refractivity contribution in [1.29, 1.82) is 0 Å². The highest BCUT2D eigenvalue weighted by Crippen LogP contribution is 2.24. The van der Waals surface area contributed by atoms with Crippen molar-refractivity contribution in [3.05, 3.63) is 29.3 Å². The SMILES string of the molecule is Cc1cc(C)cc(-n2nnnc2S[C@@H](C)C(=O)NC(C)(C)C)c1. The van der Waals surface area contributed by atoms with Crippen molar-refractivity contribution in [2.75, 3.05) is 0 Å². The molecule has 1 amide bonds. The fourth-order valence-corrected chi connectivity index (χ4v) is 2.98. The van der Waals surface area contributed by atoms with E-state index in [2.05, 4.69) is 26.9 Å². The molecule has 0 saturated heterocycles. The zero-order valence-electron chi connectivity index (χ0n) is 14.4. The van der Waals surface area contributed by atoms with Crippen LogP contribution in [-0.4, -0.2) is 36.9 Å². The molecule has 1 aromatic heterocycles. The number of carbonyl (C=O) groups is 1. The van der Waals surface area contributed by atoms with Crippen LogP contribution in [0.15, 0.2) is 23.4 Å². The molecule has 1 heterocycles. The predicted molar refractivity (Wildman–Crippen MR) is 91.8 cm³/mol. The Morgan fingerprint density at radius 1 is 1.22 bits per heavy atom. The largest absolute Gasteiger partial charge is 0.351 e. The van der Waals surface area contributed by atoms with Gasteiger partial charge in [-0.1, -0.05) is 17.8 Å². The third kappa shape index (κ3) is 4.79. The number of nitrogens with zero attached hydrogens (tertiary/aromatic N) is 4. The van der Waals surface area contributed by atoms with E-state index in [-0.39, 0.29) is 16.7 Å². The van der Waals surface area contributed by atoms with Crippen LogP contribution in [0.1, 0.15) is 38.8 Å². The van der Waals surface area contributed by atoms with Crippen LogP contribution in [0.4, 0.5) is 0 Å². The molecule has 0 saturated carbocycles. The third-order valence-electron chi connectivity index (χ3n) is 3.04. The van der Waals surface area contributed by atoms with Gasteiger partial charge >= 0.3 is 0 Å². The molecule has 0 radical (unpaired) electrons. The van der Waals surface area contributed by atoms with Crippen LogP contribution in [-0.2, 0) is 4.79 Å². The molecule has 2 rings (SSSR count). The fourth-order valence-electron chi connectivity index (χ4n) is 2.17. The summed E-state index contributed by atoms with van der Waals surface area (Å²) in [5, 5.41) is 15.2. The van der Waals surface area contributed by atoms with Gasteiger partial charge in [-0.2, -0.15) is 4.68 Å². The van der Waals surface area contributed by atoms with Gasteiger partial charge in [-0.15, -0.1) is 5.10 Å². The van der Waals surface area contributed by atoms with E-state index in [1.165, 1.54) is 11.8 Å². The van der Waals surface area contributed by atoms with Gasteiger partial charge in [-0.25, -0.2) is 0 Å². The first-order chi connectivity index (χ1) is 10.7. The predicted octanol–water partition coefficient (Wildman–Crippen LogP) is 2.67. The zero-order valence-corrected chi connectivity index (χ0v) is 15.2. The molecule has 0 spiro atoms. The fraction of sp³-hybridized carbons (Fsp3) is 0.500. The topological polar surface area (TPSA) is 72.7 Å². The Hall–Kier alpha value is -1.89. The van der Waals surface area contributed by atoms with Gasteiger partial charge in [0, 0.05) is 5.54 Å². The molecule has 0 aliphatic carbocycles. The van der Waals surface area contributed by atoms with Crippen LogP contribution in [0, 0.1) is 13.8 Å². The van der Waals surface area contributed by atoms with Gasteiger partial charge in [-0.3, -0.25) is 4.79 Å². The van der Waals surface area contributed by atoms with Gasteiger partial charge in [0.25, 0.3) is 0 Å². The summed E-state index contributed by atoms with van der Waals surface area (Å²) in [5.41, 5.74) is 2.93. The van der Waals surface area contributed by atoms with Crippen LogP contribution in [0.5, 0.6) is 0 Å². The highest BCUT2D eigenvalue weighted by atomic mass is 32.2. The minimum absolute atomic E-state index is 0.0301. The van der Waals surface area contributed by atoms with E-state index in [0.717, 1.165) is 16.8 Å². The molecule has 1 N–H and O–H groups in total. The summed E-state index contributed by atoms with van der Waals surface area (Å²) in [6, 6.07) is 6.14. The van der Waals surface area contributed by atoms with Gasteiger partial charge in [0.15, 0.2) is 0 Å². The van der Waals surface area contributed by atoms with E-state index in [4.69, 9.17) is 0 Å². The summed E-state index contributed by atoms with van der Waals surface area (Å²) in [7, 11) is 0. The Morgan fingerprint density at radius 3 is 2.39 bits per heavy atom. The number of nitrogens with one attached hydrogen (secondary N) is 1. The third-order valence-corrected chi connectivity index (χ3v) is 4.07. The maximum Gasteiger partial charge on any atom is 0.233 e. The average Bonchev–Trinajstić information content (AvgIpc) is 2.83. The molecule has 1 aromatic carbocycles. The number of carbonyl (C=O) groups excluding carboxylic acids is 1. The Balaban J connectivity index is 2.20. The lowest BCUT2D eigenvalue weighted by molar-refractivity contribution is -0.121. The van der Waals surface area contributed by atoms with Crippen molar-refractivity contribution in [2.45, 2.75) is 57.5 Å². The first-order valence-electron chi connectivity index (χ1n) is 7.51. The van der Waals surface area contributed by atoms with E-state index in [1.54, 1.807) is 4.68 Å². The van der Waals surface area contributed by atoms with Crippen molar-refractivity contribution < 1.29 is 4.79 Å². The molecule has 23 heavy (non-hydrogen) atoms. The molecule has 7 heteroatoms. The molecular formula is C16H23N5OS. The van der Waals surface area contributed by atoms with Crippen molar-refractivity contribution >= 4 is 17.7 Å². The molecule has 6 nitrogen and oxygen atoms in total. The van der Waals surface area contributed by atoms with Crippen molar-refractivity contribution in [3.8, 4) is 5.69 Å². The van der Waals surface area contributed by atoms with Gasteiger partial charge < -0.3 is 5.32 Å². The molecule has 124 valence electrons. The highest BCUT2D eigenvalue weighted by Gasteiger charge is 2.22. The van der Waals surface area contributed by atoms with E-state index in [9.17, 15) is 4.79 Å². The molecule has 2 aromatic rings. The molecular weight excluding hydrogens is 310 g/mol. The van der Waals surface area contributed by atoms with Crippen LogP contribution >= 0.6 is 11.8 Å². The standard InChI is InChI=1S/C16H23N5OS/c1-10-7-11(2)9-13(8-10)21-15(18-19-20-21)23-12(3)14(22)17-16(4,5)6/h7-9,12H,1-6H3,(H,17,22)/t12-/m0/s1. The Kier molecular flexibility index (Phi) is 5.09.